The van der Waals surface area contributed by atoms with Gasteiger partial charge in [-0.25, -0.2) is 8.42 Å². The lowest BCUT2D eigenvalue weighted by atomic mass is 10.2. The highest BCUT2D eigenvalue weighted by Gasteiger charge is 2.45. The van der Waals surface area contributed by atoms with E-state index in [1.165, 1.54) is 10.4 Å². The van der Waals surface area contributed by atoms with Gasteiger partial charge in [0, 0.05) is 11.6 Å². The van der Waals surface area contributed by atoms with Crippen molar-refractivity contribution >= 4 is 21.6 Å². The molecule has 1 aliphatic rings. The SMILES string of the molecule is O=S(=O)(c1cccc(Cl)c1)N1CC1c1ccccc1. The van der Waals surface area contributed by atoms with E-state index in [0.29, 0.717) is 11.6 Å². The van der Waals surface area contributed by atoms with Gasteiger partial charge in [-0.05, 0) is 23.8 Å². The van der Waals surface area contributed by atoms with E-state index in [9.17, 15) is 8.42 Å². The van der Waals surface area contributed by atoms with E-state index in [2.05, 4.69) is 0 Å². The van der Waals surface area contributed by atoms with Crippen molar-refractivity contribution in [3.8, 4) is 0 Å². The third-order valence-electron chi connectivity index (χ3n) is 3.15. The molecule has 1 heterocycles. The summed E-state index contributed by atoms with van der Waals surface area (Å²) in [7, 11) is -3.44. The average Bonchev–Trinajstić information content (AvgIpc) is 3.21. The lowest BCUT2D eigenvalue weighted by Crippen LogP contribution is -2.12. The topological polar surface area (TPSA) is 37.1 Å². The van der Waals surface area contributed by atoms with E-state index in [0.717, 1.165) is 5.56 Å². The smallest absolute Gasteiger partial charge is 0.207 e. The predicted molar refractivity (Wildman–Crippen MR) is 74.5 cm³/mol. The molecular formula is C14H12ClNO2S. The second kappa shape index (κ2) is 4.63. The number of nitrogens with zero attached hydrogens (tertiary/aromatic N) is 1. The number of halogens is 1. The number of benzene rings is 2. The third-order valence-corrected chi connectivity index (χ3v) is 5.26. The molecule has 1 aliphatic heterocycles. The minimum Gasteiger partial charge on any atom is -0.207 e. The normalized spacial score (nSPS) is 22.2. The standard InChI is InChI=1S/C14H12ClNO2S/c15-12-7-4-8-13(9-12)19(17,18)16-10-14(16)11-5-2-1-3-6-11/h1-9,14H,10H2. The summed E-state index contributed by atoms with van der Waals surface area (Å²) in [6, 6.07) is 15.9. The summed E-state index contributed by atoms with van der Waals surface area (Å²) in [5, 5.41) is 0.430. The van der Waals surface area contributed by atoms with E-state index in [4.69, 9.17) is 11.6 Å². The lowest BCUT2D eigenvalue weighted by Gasteiger charge is -2.06. The van der Waals surface area contributed by atoms with Crippen LogP contribution in [0.5, 0.6) is 0 Å². The summed E-state index contributed by atoms with van der Waals surface area (Å²) < 4.78 is 26.3. The number of hydrogen-bond acceptors (Lipinski definition) is 2. The van der Waals surface area contributed by atoms with Crippen LogP contribution < -0.4 is 0 Å². The van der Waals surface area contributed by atoms with Crippen LogP contribution >= 0.6 is 11.6 Å². The molecule has 0 aromatic heterocycles. The highest BCUT2D eigenvalue weighted by molar-refractivity contribution is 7.89. The van der Waals surface area contributed by atoms with Crippen LogP contribution in [0, 0.1) is 0 Å². The average molecular weight is 294 g/mol. The number of rotatable bonds is 3. The van der Waals surface area contributed by atoms with Crippen LogP contribution in [0.1, 0.15) is 11.6 Å². The largest absolute Gasteiger partial charge is 0.243 e. The molecule has 3 rings (SSSR count). The minimum atomic E-state index is -3.44. The van der Waals surface area contributed by atoms with E-state index >= 15 is 0 Å². The Morgan fingerprint density at radius 3 is 2.47 bits per heavy atom. The molecule has 2 atom stereocenters. The first kappa shape index (κ1) is 12.7. The molecule has 2 aromatic carbocycles. The Hall–Kier alpha value is -1.36. The van der Waals surface area contributed by atoms with Gasteiger partial charge in [-0.1, -0.05) is 48.0 Å². The van der Waals surface area contributed by atoms with Crippen molar-refractivity contribution in [3.63, 3.8) is 0 Å². The van der Waals surface area contributed by atoms with E-state index < -0.39 is 10.0 Å². The molecule has 0 aliphatic carbocycles. The molecule has 19 heavy (non-hydrogen) atoms. The maximum atomic E-state index is 12.4. The predicted octanol–water partition coefficient (Wildman–Crippen LogP) is 3.09. The lowest BCUT2D eigenvalue weighted by molar-refractivity contribution is 0.554. The van der Waals surface area contributed by atoms with Crippen molar-refractivity contribution in [1.82, 2.24) is 4.31 Å². The highest BCUT2D eigenvalue weighted by Crippen LogP contribution is 2.40. The zero-order chi connectivity index (χ0) is 13.5. The first-order valence-corrected chi connectivity index (χ1v) is 7.73. The summed E-state index contributed by atoms with van der Waals surface area (Å²) >= 11 is 5.85. The molecule has 0 amide bonds. The zero-order valence-corrected chi connectivity index (χ0v) is 11.6. The molecule has 0 radical (unpaired) electrons. The molecule has 1 saturated heterocycles. The second-order valence-corrected chi connectivity index (χ2v) is 6.79. The Morgan fingerprint density at radius 1 is 1.05 bits per heavy atom. The highest BCUT2D eigenvalue weighted by atomic mass is 35.5. The van der Waals surface area contributed by atoms with Crippen LogP contribution in [-0.2, 0) is 10.0 Å². The van der Waals surface area contributed by atoms with Crippen molar-refractivity contribution in [3.05, 3.63) is 65.2 Å². The molecule has 5 heteroatoms. The van der Waals surface area contributed by atoms with Crippen LogP contribution in [0.4, 0.5) is 0 Å². The fraction of sp³-hybridized carbons (Fsp3) is 0.143. The van der Waals surface area contributed by atoms with Gasteiger partial charge in [0.15, 0.2) is 0 Å². The first-order valence-electron chi connectivity index (χ1n) is 5.91. The Labute approximate surface area is 117 Å². The van der Waals surface area contributed by atoms with Crippen LogP contribution in [0.2, 0.25) is 5.02 Å². The zero-order valence-electron chi connectivity index (χ0n) is 10.0. The molecule has 3 nitrogen and oxygen atoms in total. The second-order valence-electron chi connectivity index (χ2n) is 4.46. The Balaban J connectivity index is 1.88. The van der Waals surface area contributed by atoms with Gasteiger partial charge in [0.25, 0.3) is 0 Å². The minimum absolute atomic E-state index is 0.0508. The number of sulfonamides is 1. The number of hydrogen-bond donors (Lipinski definition) is 0. The van der Waals surface area contributed by atoms with Gasteiger partial charge in [0.1, 0.15) is 0 Å². The molecule has 0 spiro atoms. The Kier molecular flexibility index (Phi) is 3.09. The van der Waals surface area contributed by atoms with Gasteiger partial charge in [-0.3, -0.25) is 0 Å². The first-order chi connectivity index (χ1) is 9.09. The van der Waals surface area contributed by atoms with Gasteiger partial charge in [0.05, 0.1) is 10.9 Å². The van der Waals surface area contributed by atoms with Crippen molar-refractivity contribution in [2.24, 2.45) is 0 Å². The van der Waals surface area contributed by atoms with Gasteiger partial charge in [-0.2, -0.15) is 4.31 Å². The Morgan fingerprint density at radius 2 is 1.79 bits per heavy atom. The van der Waals surface area contributed by atoms with Crippen molar-refractivity contribution in [2.75, 3.05) is 6.54 Å². The molecule has 2 unspecified atom stereocenters. The van der Waals surface area contributed by atoms with Gasteiger partial charge >= 0.3 is 0 Å². The van der Waals surface area contributed by atoms with Crippen molar-refractivity contribution in [2.45, 2.75) is 10.9 Å². The van der Waals surface area contributed by atoms with Gasteiger partial charge in [0.2, 0.25) is 10.0 Å². The summed E-state index contributed by atoms with van der Waals surface area (Å²) in [6.07, 6.45) is 0. The van der Waals surface area contributed by atoms with E-state index in [1.54, 1.807) is 18.2 Å². The molecule has 2 aromatic rings. The Bertz CT molecular complexity index is 700. The maximum Gasteiger partial charge on any atom is 0.243 e. The fourth-order valence-corrected chi connectivity index (χ4v) is 3.95. The van der Waals surface area contributed by atoms with E-state index in [-0.39, 0.29) is 10.9 Å². The van der Waals surface area contributed by atoms with Crippen LogP contribution in [0.3, 0.4) is 0 Å². The monoisotopic (exact) mass is 293 g/mol. The molecule has 0 saturated carbocycles. The fourth-order valence-electron chi connectivity index (χ4n) is 2.10. The summed E-state index contributed by atoms with van der Waals surface area (Å²) in [5.74, 6) is 0. The molecular weight excluding hydrogens is 282 g/mol. The van der Waals surface area contributed by atoms with Crippen molar-refractivity contribution in [1.29, 1.82) is 0 Å². The quantitative estimate of drug-likeness (QED) is 0.816. The molecule has 98 valence electrons. The molecule has 0 bridgehead atoms. The summed E-state index contributed by atoms with van der Waals surface area (Å²) in [6.45, 7) is 0.527. The van der Waals surface area contributed by atoms with E-state index in [1.807, 2.05) is 30.3 Å². The van der Waals surface area contributed by atoms with Crippen molar-refractivity contribution < 1.29 is 8.42 Å². The third kappa shape index (κ3) is 2.39. The summed E-state index contributed by atoms with van der Waals surface area (Å²) in [4.78, 5) is 0.249. The molecule has 0 N–H and O–H groups in total. The van der Waals surface area contributed by atoms with Gasteiger partial charge < -0.3 is 0 Å². The maximum absolute atomic E-state index is 12.4. The van der Waals surface area contributed by atoms with Crippen LogP contribution in [0.25, 0.3) is 0 Å². The molecule has 1 fully saturated rings. The van der Waals surface area contributed by atoms with Crippen LogP contribution in [0.15, 0.2) is 59.5 Å². The van der Waals surface area contributed by atoms with Crippen LogP contribution in [-0.4, -0.2) is 19.3 Å². The van der Waals surface area contributed by atoms with Gasteiger partial charge in [-0.15, -0.1) is 0 Å². The summed E-state index contributed by atoms with van der Waals surface area (Å²) in [5.41, 5.74) is 1.02.